The molecule has 3 aromatic rings. The predicted octanol–water partition coefficient (Wildman–Crippen LogP) is 5.31. The van der Waals surface area contributed by atoms with Crippen molar-refractivity contribution in [3.63, 3.8) is 0 Å². The van der Waals surface area contributed by atoms with Crippen LogP contribution in [0.5, 0.6) is 5.75 Å². The Morgan fingerprint density at radius 1 is 1.00 bits per heavy atom. The summed E-state index contributed by atoms with van der Waals surface area (Å²) in [4.78, 5) is 11.6. The molecule has 1 spiro atoms. The summed E-state index contributed by atoms with van der Waals surface area (Å²) in [5.41, 5.74) is 4.98. The van der Waals surface area contributed by atoms with Gasteiger partial charge in [-0.25, -0.2) is 9.97 Å². The van der Waals surface area contributed by atoms with Gasteiger partial charge in [-0.3, -0.25) is 0 Å². The lowest BCUT2D eigenvalue weighted by molar-refractivity contribution is 0.160. The maximum Gasteiger partial charge on any atom is 0.225 e. The highest BCUT2D eigenvalue weighted by Gasteiger charge is 2.42. The number of aryl methyl sites for hydroxylation is 1. The molecule has 5 nitrogen and oxygen atoms in total. The molecule has 0 N–H and O–H groups in total. The van der Waals surface area contributed by atoms with Gasteiger partial charge < -0.3 is 14.4 Å². The van der Waals surface area contributed by atoms with Gasteiger partial charge in [-0.05, 0) is 49.1 Å². The number of aromatic nitrogens is 2. The number of anilines is 1. The fourth-order valence-electron chi connectivity index (χ4n) is 4.96. The summed E-state index contributed by atoms with van der Waals surface area (Å²) in [5.74, 6) is 1.65. The lowest BCUT2D eigenvalue weighted by Crippen LogP contribution is -2.28. The van der Waals surface area contributed by atoms with Crippen LogP contribution in [-0.2, 0) is 16.8 Å². The Balaban J connectivity index is 1.22. The van der Waals surface area contributed by atoms with Crippen LogP contribution in [0.3, 0.4) is 0 Å². The molecule has 0 radical (unpaired) electrons. The van der Waals surface area contributed by atoms with Crippen molar-refractivity contribution in [2.45, 2.75) is 45.6 Å². The van der Waals surface area contributed by atoms with Crippen molar-refractivity contribution in [3.8, 4) is 5.75 Å². The molecule has 0 amide bonds. The quantitative estimate of drug-likeness (QED) is 0.517. The van der Waals surface area contributed by atoms with E-state index in [-0.39, 0.29) is 5.41 Å². The van der Waals surface area contributed by atoms with Gasteiger partial charge in [-0.2, -0.15) is 0 Å². The molecule has 5 heteroatoms. The first-order valence-corrected chi connectivity index (χ1v) is 11.9. The summed E-state index contributed by atoms with van der Waals surface area (Å²) in [5, 5.41) is 0. The Labute approximate surface area is 196 Å². The minimum absolute atomic E-state index is 0.0643. The molecule has 2 aliphatic rings. The lowest BCUT2D eigenvalue weighted by Gasteiger charge is -2.26. The molecule has 3 heterocycles. The zero-order chi connectivity index (χ0) is 22.9. The molecule has 2 aromatic carbocycles. The first-order chi connectivity index (χ1) is 15.9. The summed E-state index contributed by atoms with van der Waals surface area (Å²) in [7, 11) is 0. The molecule has 0 saturated carbocycles. The van der Waals surface area contributed by atoms with Crippen LogP contribution in [0.25, 0.3) is 0 Å². The van der Waals surface area contributed by atoms with Crippen LogP contribution in [0.15, 0.2) is 60.8 Å². The Hall–Kier alpha value is -2.92. The van der Waals surface area contributed by atoms with E-state index in [0.717, 1.165) is 56.5 Å². The molecule has 0 aliphatic carbocycles. The first kappa shape index (κ1) is 21.9. The Kier molecular flexibility index (Phi) is 5.83. The fourth-order valence-corrected chi connectivity index (χ4v) is 4.96. The van der Waals surface area contributed by atoms with Crippen molar-refractivity contribution in [1.29, 1.82) is 0 Å². The molecular formula is C28H33N3O2. The van der Waals surface area contributed by atoms with E-state index >= 15 is 0 Å². The normalized spacial score (nSPS) is 20.5. The van der Waals surface area contributed by atoms with Gasteiger partial charge in [0.2, 0.25) is 5.95 Å². The van der Waals surface area contributed by atoms with Crippen LogP contribution in [0, 0.1) is 12.3 Å². The average molecular weight is 444 g/mol. The van der Waals surface area contributed by atoms with Crippen LogP contribution in [0.2, 0.25) is 0 Å². The standard InChI is InChI=1S/C28H33N3O2/c1-21-4-6-22(7-5-21)27(2,3)23-8-10-25(11-9-23)33-18-24-12-15-29-26(30-24)31-16-13-28(19-31)14-17-32-20-28/h4-12,15H,13-14,16-20H2,1-3H3. The SMILES string of the molecule is Cc1ccc(C(C)(C)c2ccc(OCc3ccnc(N4CCC5(CCOC5)C4)n3)cc2)cc1. The average Bonchev–Trinajstić information content (AvgIpc) is 3.48. The monoisotopic (exact) mass is 443 g/mol. The number of ether oxygens (including phenoxy) is 2. The third kappa shape index (κ3) is 4.60. The van der Waals surface area contributed by atoms with E-state index in [1.807, 2.05) is 12.3 Å². The summed E-state index contributed by atoms with van der Waals surface area (Å²) < 4.78 is 11.7. The van der Waals surface area contributed by atoms with Crippen LogP contribution >= 0.6 is 0 Å². The molecule has 0 bridgehead atoms. The zero-order valence-corrected chi connectivity index (χ0v) is 19.9. The van der Waals surface area contributed by atoms with E-state index in [2.05, 4.69) is 79.2 Å². The maximum absolute atomic E-state index is 6.06. The van der Waals surface area contributed by atoms with Crippen molar-refractivity contribution < 1.29 is 9.47 Å². The van der Waals surface area contributed by atoms with Gasteiger partial charge in [-0.15, -0.1) is 0 Å². The van der Waals surface area contributed by atoms with Crippen LogP contribution in [-0.4, -0.2) is 36.3 Å². The summed E-state index contributed by atoms with van der Waals surface area (Å²) in [6, 6.07) is 19.1. The topological polar surface area (TPSA) is 47.5 Å². The summed E-state index contributed by atoms with van der Waals surface area (Å²) >= 11 is 0. The van der Waals surface area contributed by atoms with E-state index in [0.29, 0.717) is 12.0 Å². The minimum atomic E-state index is -0.0643. The summed E-state index contributed by atoms with van der Waals surface area (Å²) in [6.07, 6.45) is 4.13. The molecule has 1 aromatic heterocycles. The van der Waals surface area contributed by atoms with Crippen molar-refractivity contribution in [1.82, 2.24) is 9.97 Å². The van der Waals surface area contributed by atoms with Gasteiger partial charge in [0.25, 0.3) is 0 Å². The van der Waals surface area contributed by atoms with Crippen molar-refractivity contribution in [3.05, 3.63) is 83.2 Å². The van der Waals surface area contributed by atoms with E-state index in [1.165, 1.54) is 16.7 Å². The highest BCUT2D eigenvalue weighted by atomic mass is 16.5. The van der Waals surface area contributed by atoms with Crippen LogP contribution < -0.4 is 9.64 Å². The molecule has 1 unspecified atom stereocenters. The second-order valence-electron chi connectivity index (χ2n) is 10.1. The Morgan fingerprint density at radius 2 is 1.73 bits per heavy atom. The van der Waals surface area contributed by atoms with Gasteiger partial charge in [-0.1, -0.05) is 55.8 Å². The summed E-state index contributed by atoms with van der Waals surface area (Å²) in [6.45, 7) is 10.8. The molecular weight excluding hydrogens is 410 g/mol. The van der Waals surface area contributed by atoms with Gasteiger partial charge in [0.05, 0.1) is 12.3 Å². The number of benzene rings is 2. The van der Waals surface area contributed by atoms with Gasteiger partial charge in [0, 0.05) is 36.7 Å². The smallest absolute Gasteiger partial charge is 0.225 e. The minimum Gasteiger partial charge on any atom is -0.487 e. The third-order valence-electron chi connectivity index (χ3n) is 7.34. The number of hydrogen-bond donors (Lipinski definition) is 0. The van der Waals surface area contributed by atoms with Crippen LogP contribution in [0.1, 0.15) is 49.1 Å². The highest BCUT2D eigenvalue weighted by molar-refractivity contribution is 5.41. The molecule has 2 aliphatic heterocycles. The largest absolute Gasteiger partial charge is 0.487 e. The van der Waals surface area contributed by atoms with Crippen molar-refractivity contribution >= 4 is 5.95 Å². The molecule has 2 saturated heterocycles. The lowest BCUT2D eigenvalue weighted by atomic mass is 9.78. The van der Waals surface area contributed by atoms with Gasteiger partial charge in [0.1, 0.15) is 12.4 Å². The van der Waals surface area contributed by atoms with Gasteiger partial charge in [0.15, 0.2) is 0 Å². The second-order valence-corrected chi connectivity index (χ2v) is 10.1. The number of nitrogens with zero attached hydrogens (tertiary/aromatic N) is 3. The van der Waals surface area contributed by atoms with E-state index in [1.54, 1.807) is 0 Å². The third-order valence-corrected chi connectivity index (χ3v) is 7.34. The van der Waals surface area contributed by atoms with Crippen molar-refractivity contribution in [2.75, 3.05) is 31.2 Å². The maximum atomic E-state index is 6.06. The molecule has 172 valence electrons. The van der Waals surface area contributed by atoms with E-state index in [4.69, 9.17) is 14.5 Å². The number of hydrogen-bond acceptors (Lipinski definition) is 5. The molecule has 5 rings (SSSR count). The second kappa shape index (κ2) is 8.79. The Bertz CT molecular complexity index is 1090. The molecule has 2 fully saturated rings. The Morgan fingerprint density at radius 3 is 2.42 bits per heavy atom. The molecule has 1 atom stereocenters. The molecule has 33 heavy (non-hydrogen) atoms. The van der Waals surface area contributed by atoms with E-state index in [9.17, 15) is 0 Å². The number of rotatable bonds is 6. The first-order valence-electron chi connectivity index (χ1n) is 11.9. The fraction of sp³-hybridized carbons (Fsp3) is 0.429. The van der Waals surface area contributed by atoms with Crippen LogP contribution in [0.4, 0.5) is 5.95 Å². The predicted molar refractivity (Wildman–Crippen MR) is 131 cm³/mol. The van der Waals surface area contributed by atoms with Gasteiger partial charge >= 0.3 is 0 Å². The van der Waals surface area contributed by atoms with Crippen molar-refractivity contribution in [2.24, 2.45) is 5.41 Å². The highest BCUT2D eigenvalue weighted by Crippen LogP contribution is 2.39. The zero-order valence-electron chi connectivity index (χ0n) is 19.9. The van der Waals surface area contributed by atoms with E-state index < -0.39 is 0 Å².